The highest BCUT2D eigenvalue weighted by atomic mass is 16.4. The van der Waals surface area contributed by atoms with Crippen molar-refractivity contribution >= 4 is 17.7 Å². The van der Waals surface area contributed by atoms with E-state index in [9.17, 15) is 19.5 Å². The quantitative estimate of drug-likeness (QED) is 0.731. The molecule has 0 aliphatic carbocycles. The first-order valence-electron chi connectivity index (χ1n) is 7.56. The molecule has 1 amide bonds. The molecule has 8 nitrogen and oxygen atoms in total. The minimum absolute atomic E-state index is 0.143. The molecule has 2 aromatic rings. The molecule has 0 spiro atoms. The van der Waals surface area contributed by atoms with Gasteiger partial charge in [0.1, 0.15) is 6.04 Å². The number of aryl methyl sites for hydroxylation is 1. The lowest BCUT2D eigenvalue weighted by Crippen LogP contribution is -2.49. The number of amides is 1. The molecule has 0 fully saturated rings. The Morgan fingerprint density at radius 2 is 2.04 bits per heavy atom. The zero-order chi connectivity index (χ0) is 17.6. The van der Waals surface area contributed by atoms with Crippen LogP contribution in [0.15, 0.2) is 6.33 Å². The highest BCUT2D eigenvalue weighted by Crippen LogP contribution is 2.26. The van der Waals surface area contributed by atoms with Gasteiger partial charge in [0.25, 0.3) is 5.91 Å². The van der Waals surface area contributed by atoms with Crippen LogP contribution in [0.4, 0.5) is 0 Å². The van der Waals surface area contributed by atoms with Crippen LogP contribution in [0.3, 0.4) is 0 Å². The van der Waals surface area contributed by atoms with E-state index in [2.05, 4.69) is 15.0 Å². The number of hydrogen-bond acceptors (Lipinski definition) is 4. The lowest BCUT2D eigenvalue weighted by molar-refractivity contribution is -0.142. The maximum absolute atomic E-state index is 13.0. The molecule has 0 bridgehead atoms. The summed E-state index contributed by atoms with van der Waals surface area (Å²) in [6.07, 6.45) is 1.65. The molecular weight excluding hydrogens is 312 g/mol. The van der Waals surface area contributed by atoms with Crippen LogP contribution in [-0.2, 0) is 17.8 Å². The summed E-state index contributed by atoms with van der Waals surface area (Å²) in [6.45, 7) is 4.96. The Morgan fingerprint density at radius 1 is 1.33 bits per heavy atom. The van der Waals surface area contributed by atoms with Crippen LogP contribution < -0.4 is 0 Å². The lowest BCUT2D eigenvalue weighted by Gasteiger charge is -2.32. The average molecular weight is 330 g/mol. The number of fused-ring (bicyclic) bond motifs is 1. The summed E-state index contributed by atoms with van der Waals surface area (Å²) in [5.74, 6) is -1.64. The minimum Gasteiger partial charge on any atom is -0.480 e. The Balaban J connectivity index is 2.03. The van der Waals surface area contributed by atoms with E-state index < -0.39 is 17.9 Å². The summed E-state index contributed by atoms with van der Waals surface area (Å²) >= 11 is 0. The van der Waals surface area contributed by atoms with Crippen LogP contribution in [0, 0.1) is 13.8 Å². The minimum atomic E-state index is -1.07. The second-order valence-electron chi connectivity index (χ2n) is 6.00. The van der Waals surface area contributed by atoms with Crippen molar-refractivity contribution in [3.8, 4) is 0 Å². The van der Waals surface area contributed by atoms with Gasteiger partial charge in [-0.1, -0.05) is 0 Å². The molecule has 2 aromatic heterocycles. The van der Waals surface area contributed by atoms with Crippen LogP contribution in [0.25, 0.3) is 0 Å². The number of hydrogen-bond donors (Lipinski definition) is 3. The van der Waals surface area contributed by atoms with Crippen molar-refractivity contribution in [2.45, 2.75) is 39.8 Å². The largest absolute Gasteiger partial charge is 0.480 e. The summed E-state index contributed by atoms with van der Waals surface area (Å²) < 4.78 is 0. The van der Waals surface area contributed by atoms with Gasteiger partial charge in [-0.3, -0.25) is 9.59 Å². The Morgan fingerprint density at radius 3 is 2.62 bits per heavy atom. The van der Waals surface area contributed by atoms with E-state index in [1.165, 1.54) is 18.2 Å². The van der Waals surface area contributed by atoms with Gasteiger partial charge >= 0.3 is 5.97 Å². The number of carbonyl (C=O) groups is 3. The first-order valence-corrected chi connectivity index (χ1v) is 7.56. The monoisotopic (exact) mass is 330 g/mol. The van der Waals surface area contributed by atoms with Gasteiger partial charge in [0, 0.05) is 19.0 Å². The van der Waals surface area contributed by atoms with Gasteiger partial charge in [-0.15, -0.1) is 0 Å². The van der Waals surface area contributed by atoms with Crippen LogP contribution in [0.2, 0.25) is 0 Å². The van der Waals surface area contributed by atoms with E-state index in [4.69, 9.17) is 0 Å². The zero-order valence-corrected chi connectivity index (χ0v) is 13.6. The second kappa shape index (κ2) is 5.63. The summed E-state index contributed by atoms with van der Waals surface area (Å²) in [7, 11) is 0. The van der Waals surface area contributed by atoms with E-state index in [1.54, 1.807) is 13.8 Å². The number of ketones is 1. The number of nitrogens with one attached hydrogen (secondary N) is 2. The van der Waals surface area contributed by atoms with Crippen molar-refractivity contribution in [2.75, 3.05) is 0 Å². The van der Waals surface area contributed by atoms with E-state index in [1.807, 2.05) is 0 Å². The predicted molar refractivity (Wildman–Crippen MR) is 83.9 cm³/mol. The number of carboxylic acid groups (broad SMARTS) is 1. The zero-order valence-electron chi connectivity index (χ0n) is 13.6. The Bertz CT molecular complexity index is 848. The Hall–Kier alpha value is -2.90. The van der Waals surface area contributed by atoms with Crippen molar-refractivity contribution in [1.82, 2.24) is 19.9 Å². The number of carbonyl (C=O) groups excluding carboxylic acids is 2. The van der Waals surface area contributed by atoms with Gasteiger partial charge in [0.05, 0.1) is 35.5 Å². The first-order chi connectivity index (χ1) is 11.3. The van der Waals surface area contributed by atoms with Crippen molar-refractivity contribution in [1.29, 1.82) is 0 Å². The standard InChI is InChI=1S/C16H18N4O4/c1-7-13(8(2)19-14(7)9(3)21)15(22)20-5-11-10(17-6-18-11)4-12(20)16(23)24/h6,12,19H,4-5H2,1-3H3,(H,17,18)(H,23,24). The molecule has 1 aliphatic heterocycles. The molecule has 3 rings (SSSR count). The summed E-state index contributed by atoms with van der Waals surface area (Å²) in [5.41, 5.74) is 3.24. The molecule has 1 aliphatic rings. The maximum Gasteiger partial charge on any atom is 0.326 e. The number of aliphatic carboxylic acids is 1. The molecule has 8 heteroatoms. The molecule has 0 radical (unpaired) electrons. The van der Waals surface area contributed by atoms with Gasteiger partial charge in [0.2, 0.25) is 0 Å². The van der Waals surface area contributed by atoms with Gasteiger partial charge < -0.3 is 20.0 Å². The Labute approximate surface area is 137 Å². The molecule has 126 valence electrons. The number of H-pyrrole nitrogens is 2. The van der Waals surface area contributed by atoms with Gasteiger partial charge in [-0.2, -0.15) is 0 Å². The smallest absolute Gasteiger partial charge is 0.326 e. The highest BCUT2D eigenvalue weighted by molar-refractivity contribution is 6.03. The first kappa shape index (κ1) is 16.0. The Kier molecular flexibility index (Phi) is 3.75. The van der Waals surface area contributed by atoms with E-state index in [-0.39, 0.29) is 18.7 Å². The second-order valence-corrected chi connectivity index (χ2v) is 6.00. The summed E-state index contributed by atoms with van der Waals surface area (Å²) in [4.78, 5) is 47.6. The number of rotatable bonds is 3. The summed E-state index contributed by atoms with van der Waals surface area (Å²) in [5, 5.41) is 9.51. The number of imidazole rings is 1. The third-order valence-corrected chi connectivity index (χ3v) is 4.45. The third kappa shape index (κ3) is 2.40. The van der Waals surface area contributed by atoms with Crippen molar-refractivity contribution in [3.63, 3.8) is 0 Å². The molecule has 0 saturated heterocycles. The molecule has 1 unspecified atom stereocenters. The van der Waals surface area contributed by atoms with Crippen molar-refractivity contribution in [3.05, 3.63) is 40.2 Å². The fourth-order valence-electron chi connectivity index (χ4n) is 3.24. The van der Waals surface area contributed by atoms with Gasteiger partial charge in [0.15, 0.2) is 5.78 Å². The van der Waals surface area contributed by atoms with E-state index >= 15 is 0 Å². The highest BCUT2D eigenvalue weighted by Gasteiger charge is 2.38. The molecule has 0 aromatic carbocycles. The van der Waals surface area contributed by atoms with E-state index in [0.29, 0.717) is 28.2 Å². The number of carboxylic acids is 1. The molecule has 24 heavy (non-hydrogen) atoms. The summed E-state index contributed by atoms with van der Waals surface area (Å²) in [6, 6.07) is -0.984. The van der Waals surface area contributed by atoms with Crippen LogP contribution in [0.1, 0.15) is 50.4 Å². The third-order valence-electron chi connectivity index (χ3n) is 4.45. The molecule has 0 saturated carbocycles. The van der Waals surface area contributed by atoms with Crippen LogP contribution in [0.5, 0.6) is 0 Å². The number of aromatic nitrogens is 3. The normalized spacial score (nSPS) is 16.8. The fraction of sp³-hybridized carbons (Fsp3) is 0.375. The molecule has 3 N–H and O–H groups in total. The molecule has 1 atom stereocenters. The van der Waals surface area contributed by atoms with Crippen molar-refractivity contribution in [2.24, 2.45) is 0 Å². The lowest BCUT2D eigenvalue weighted by atomic mass is 10.00. The predicted octanol–water partition coefficient (Wildman–Crippen LogP) is 1.21. The number of nitrogens with zero attached hydrogens (tertiary/aromatic N) is 2. The van der Waals surface area contributed by atoms with Gasteiger partial charge in [-0.05, 0) is 19.4 Å². The SMILES string of the molecule is CC(=O)c1[nH]c(C)c(C(=O)N2Cc3[nH]cnc3CC2C(=O)O)c1C. The average Bonchev–Trinajstić information content (AvgIpc) is 3.09. The van der Waals surface area contributed by atoms with Gasteiger partial charge in [-0.25, -0.2) is 9.78 Å². The number of Topliss-reactive ketones (excluding diaryl/α,β-unsaturated/α-hetero) is 1. The van der Waals surface area contributed by atoms with E-state index in [0.717, 1.165) is 5.69 Å². The maximum atomic E-state index is 13.0. The van der Waals surface area contributed by atoms with Crippen LogP contribution >= 0.6 is 0 Å². The fourth-order valence-corrected chi connectivity index (χ4v) is 3.24. The number of aromatic amines is 2. The van der Waals surface area contributed by atoms with Crippen LogP contribution in [-0.4, -0.2) is 48.7 Å². The molecular formula is C16H18N4O4. The topological polar surface area (TPSA) is 119 Å². The molecule has 3 heterocycles. The van der Waals surface area contributed by atoms with Crippen molar-refractivity contribution < 1.29 is 19.5 Å².